The largest absolute Gasteiger partial charge is 0.433 e. The Morgan fingerprint density at radius 3 is 2.43 bits per heavy atom. The molecule has 4 heterocycles. The highest BCUT2D eigenvalue weighted by Crippen LogP contribution is 2.62. The van der Waals surface area contributed by atoms with Crippen molar-refractivity contribution >= 4 is 39.8 Å². The van der Waals surface area contributed by atoms with Crippen molar-refractivity contribution in [1.82, 2.24) is 19.7 Å². The molecule has 2 bridgehead atoms. The van der Waals surface area contributed by atoms with E-state index in [1.807, 2.05) is 6.07 Å². The number of carbonyl (C=O) groups is 4. The van der Waals surface area contributed by atoms with Crippen molar-refractivity contribution in [3.63, 3.8) is 0 Å². The van der Waals surface area contributed by atoms with E-state index in [0.717, 1.165) is 55.1 Å². The van der Waals surface area contributed by atoms with Crippen molar-refractivity contribution in [1.29, 1.82) is 0 Å². The molecular formula is C41H50F3N5O4. The number of nitrogens with one attached hydrogen (secondary N) is 1. The number of hydrogen-bond acceptors (Lipinski definition) is 7. The van der Waals surface area contributed by atoms with Crippen molar-refractivity contribution in [3.8, 4) is 0 Å². The molecule has 284 valence electrons. The van der Waals surface area contributed by atoms with Gasteiger partial charge in [-0.1, -0.05) is 38.2 Å². The van der Waals surface area contributed by atoms with Crippen LogP contribution in [0.15, 0.2) is 24.3 Å². The zero-order valence-electron chi connectivity index (χ0n) is 30.8. The second kappa shape index (κ2) is 15.0. The quantitative estimate of drug-likeness (QED) is 0.245. The molecule has 1 N–H and O–H groups in total. The molecule has 3 fully saturated rings. The predicted octanol–water partition coefficient (Wildman–Crippen LogP) is 7.98. The number of anilines is 1. The molecule has 0 unspecified atom stereocenters. The van der Waals surface area contributed by atoms with Gasteiger partial charge in [-0.05, 0) is 98.9 Å². The monoisotopic (exact) mass is 733 g/mol. The Labute approximate surface area is 308 Å². The number of halogens is 3. The number of alkyl halides is 3. The van der Waals surface area contributed by atoms with Crippen molar-refractivity contribution in [2.75, 3.05) is 11.9 Å². The third-order valence-corrected chi connectivity index (χ3v) is 12.3. The third kappa shape index (κ3) is 7.92. The molecule has 1 amide bonds. The first-order chi connectivity index (χ1) is 25.3. The number of aryl methyl sites for hydroxylation is 2. The lowest BCUT2D eigenvalue weighted by molar-refractivity contribution is -0.141. The van der Waals surface area contributed by atoms with Gasteiger partial charge in [0.2, 0.25) is 5.91 Å². The Morgan fingerprint density at radius 2 is 1.70 bits per heavy atom. The van der Waals surface area contributed by atoms with Crippen LogP contribution in [0.4, 0.5) is 18.9 Å². The van der Waals surface area contributed by atoms with Crippen LogP contribution in [0.2, 0.25) is 0 Å². The van der Waals surface area contributed by atoms with Crippen LogP contribution in [0.5, 0.6) is 0 Å². The van der Waals surface area contributed by atoms with Crippen LogP contribution in [0.3, 0.4) is 0 Å². The maximum absolute atomic E-state index is 14.5. The average molecular weight is 734 g/mol. The smallest absolute Gasteiger partial charge is 0.385 e. The molecule has 3 atom stereocenters. The molecule has 2 aliphatic heterocycles. The van der Waals surface area contributed by atoms with Crippen LogP contribution in [-0.2, 0) is 39.9 Å². The summed E-state index contributed by atoms with van der Waals surface area (Å²) >= 11 is 0. The average Bonchev–Trinajstić information content (AvgIpc) is 3.53. The van der Waals surface area contributed by atoms with Crippen molar-refractivity contribution in [2.24, 2.45) is 11.3 Å². The molecule has 1 aromatic carbocycles. The second-order valence-corrected chi connectivity index (χ2v) is 16.1. The van der Waals surface area contributed by atoms with Gasteiger partial charge in [0.15, 0.2) is 11.6 Å². The highest BCUT2D eigenvalue weighted by Gasteiger charge is 2.66. The zero-order valence-corrected chi connectivity index (χ0v) is 30.8. The summed E-state index contributed by atoms with van der Waals surface area (Å²) in [5, 5.41) is 9.07. The molecule has 4 aliphatic rings. The lowest BCUT2D eigenvalue weighted by Crippen LogP contribution is -2.45. The van der Waals surface area contributed by atoms with E-state index in [1.165, 1.54) is 45.1 Å². The number of pyridine rings is 1. The summed E-state index contributed by atoms with van der Waals surface area (Å²) in [6.07, 6.45) is 7.85. The molecule has 0 radical (unpaired) electrons. The number of amides is 1. The number of benzene rings is 1. The van der Waals surface area contributed by atoms with E-state index in [0.29, 0.717) is 61.1 Å². The van der Waals surface area contributed by atoms with Gasteiger partial charge in [-0.15, -0.1) is 0 Å². The molecule has 2 aliphatic carbocycles. The topological polar surface area (TPSA) is 114 Å². The van der Waals surface area contributed by atoms with E-state index < -0.39 is 23.3 Å². The number of carbonyl (C=O) groups excluding carboxylic acids is 4. The molecule has 0 spiro atoms. The minimum absolute atomic E-state index is 0.0400. The van der Waals surface area contributed by atoms with Crippen LogP contribution in [0, 0.1) is 18.3 Å². The maximum atomic E-state index is 14.5. The van der Waals surface area contributed by atoms with Crippen LogP contribution < -0.4 is 5.32 Å². The first kappa shape index (κ1) is 37.2. The van der Waals surface area contributed by atoms with Gasteiger partial charge in [0, 0.05) is 43.4 Å². The number of hydrogen-bond donors (Lipinski definition) is 1. The second-order valence-electron chi connectivity index (χ2n) is 16.1. The first-order valence-corrected chi connectivity index (χ1v) is 19.5. The zero-order chi connectivity index (χ0) is 37.5. The number of piperidine rings is 1. The summed E-state index contributed by atoms with van der Waals surface area (Å²) in [5.41, 5.74) is 2.00. The van der Waals surface area contributed by atoms with Crippen molar-refractivity contribution in [2.45, 2.75) is 141 Å². The highest BCUT2D eigenvalue weighted by molar-refractivity contribution is 6.07. The Balaban J connectivity index is 1.23. The van der Waals surface area contributed by atoms with Crippen LogP contribution in [0.25, 0.3) is 10.9 Å². The third-order valence-electron chi connectivity index (χ3n) is 12.3. The van der Waals surface area contributed by atoms with Gasteiger partial charge in [-0.25, -0.2) is 4.98 Å². The highest BCUT2D eigenvalue weighted by atomic mass is 19.4. The predicted molar refractivity (Wildman–Crippen MR) is 195 cm³/mol. The van der Waals surface area contributed by atoms with E-state index in [9.17, 15) is 32.3 Å². The molecule has 3 aromatic rings. The SMILES string of the molecule is CC(=O)c1nn2c3c(cc(NCC4CCCCC4)cc13)CCCCCCC(=O)CC[C@@]13C[C@@H](C(=O)Cc4nc(C(F)(F)F)ccc4C)N(C(=O)C2)[C@@H]1C3. The normalized spacial score (nSPS) is 24.6. The Kier molecular flexibility index (Phi) is 10.5. The van der Waals surface area contributed by atoms with E-state index in [2.05, 4.69) is 16.4 Å². The molecule has 53 heavy (non-hydrogen) atoms. The minimum Gasteiger partial charge on any atom is -0.385 e. The molecule has 1 saturated heterocycles. The first-order valence-electron chi connectivity index (χ1n) is 19.5. The number of Topliss-reactive ketones (excluding diaryl/α,β-unsaturated/α-hetero) is 3. The van der Waals surface area contributed by atoms with E-state index in [-0.39, 0.29) is 48.0 Å². The minimum atomic E-state index is -4.66. The summed E-state index contributed by atoms with van der Waals surface area (Å²) in [4.78, 5) is 60.0. The van der Waals surface area contributed by atoms with Gasteiger partial charge in [-0.3, -0.25) is 23.9 Å². The summed E-state index contributed by atoms with van der Waals surface area (Å²) in [6.45, 7) is 3.76. The summed E-state index contributed by atoms with van der Waals surface area (Å²) < 4.78 is 42.3. The summed E-state index contributed by atoms with van der Waals surface area (Å²) in [7, 11) is 0. The van der Waals surface area contributed by atoms with Crippen molar-refractivity contribution in [3.05, 3.63) is 52.5 Å². The van der Waals surface area contributed by atoms with Crippen LogP contribution in [-0.4, -0.2) is 61.5 Å². The summed E-state index contributed by atoms with van der Waals surface area (Å²) in [6, 6.07) is 5.19. The van der Waals surface area contributed by atoms with Gasteiger partial charge >= 0.3 is 6.18 Å². The van der Waals surface area contributed by atoms with Gasteiger partial charge in [0.1, 0.15) is 23.7 Å². The number of aromatic nitrogens is 3. The number of rotatable bonds is 7. The Morgan fingerprint density at radius 1 is 0.962 bits per heavy atom. The van der Waals surface area contributed by atoms with E-state index in [4.69, 9.17) is 5.10 Å². The molecule has 9 nitrogen and oxygen atoms in total. The fraction of sp³-hybridized carbons (Fsp3) is 0.610. The van der Waals surface area contributed by atoms with E-state index >= 15 is 0 Å². The Hall–Kier alpha value is -4.09. The fourth-order valence-electron chi connectivity index (χ4n) is 9.26. The van der Waals surface area contributed by atoms with Gasteiger partial charge in [-0.2, -0.15) is 18.3 Å². The lowest BCUT2D eigenvalue weighted by Gasteiger charge is -2.27. The lowest BCUT2D eigenvalue weighted by atomic mass is 9.89. The van der Waals surface area contributed by atoms with Crippen molar-refractivity contribution < 1.29 is 32.3 Å². The molecule has 2 aromatic heterocycles. The maximum Gasteiger partial charge on any atom is 0.433 e. The molecule has 7 rings (SSSR count). The Bertz CT molecular complexity index is 1910. The van der Waals surface area contributed by atoms with E-state index in [1.54, 1.807) is 16.5 Å². The van der Waals surface area contributed by atoms with Gasteiger partial charge in [0.05, 0.1) is 23.7 Å². The standard InChI is InChI=1S/C41H50F3N5O4/c1-25-14-15-35(41(42,43)44)46-32(25)20-34(52)33-21-40-17-16-30(51)13-9-4-3-8-12-28-18-29(45-23-27-10-6-5-7-11-27)19-31-38(26(2)50)47-48(39(28)31)24-37(53)49(33)36(40)22-40/h14-15,18-19,27,33,36,45H,3-13,16-17,20-24H2,1-2H3/t33-,36+,40-/m0/s1. The molecular weight excluding hydrogens is 683 g/mol. The molecule has 2 saturated carbocycles. The summed E-state index contributed by atoms with van der Waals surface area (Å²) in [5.74, 6) is -0.129. The fourth-order valence-corrected chi connectivity index (χ4v) is 9.26. The number of ketones is 3. The molecule has 12 heteroatoms. The van der Waals surface area contributed by atoms with Crippen LogP contribution >= 0.6 is 0 Å². The van der Waals surface area contributed by atoms with Gasteiger partial charge < -0.3 is 10.2 Å². The van der Waals surface area contributed by atoms with Gasteiger partial charge in [0.25, 0.3) is 0 Å². The number of nitrogens with zero attached hydrogens (tertiary/aromatic N) is 4. The van der Waals surface area contributed by atoms with Crippen LogP contribution in [0.1, 0.15) is 130 Å².